The minimum absolute atomic E-state index is 0.141. The van der Waals surface area contributed by atoms with Crippen molar-refractivity contribution in [3.8, 4) is 0 Å². The van der Waals surface area contributed by atoms with E-state index in [0.29, 0.717) is 18.7 Å². The van der Waals surface area contributed by atoms with Crippen LogP contribution in [0.2, 0.25) is 0 Å². The van der Waals surface area contributed by atoms with Crippen LogP contribution in [0.3, 0.4) is 0 Å². The molecule has 1 rings (SSSR count). The largest absolute Gasteiger partial charge is 0.379 e. The van der Waals surface area contributed by atoms with E-state index < -0.39 is 0 Å². The van der Waals surface area contributed by atoms with Crippen LogP contribution in [0.4, 0.5) is 0 Å². The van der Waals surface area contributed by atoms with Crippen molar-refractivity contribution in [3.05, 3.63) is 0 Å². The Morgan fingerprint density at radius 1 is 1.57 bits per heavy atom. The molecule has 0 aliphatic carbocycles. The summed E-state index contributed by atoms with van der Waals surface area (Å²) >= 11 is 0. The molecule has 0 bridgehead atoms. The van der Waals surface area contributed by atoms with Crippen molar-refractivity contribution in [1.82, 2.24) is 4.90 Å². The Morgan fingerprint density at radius 2 is 2.29 bits per heavy atom. The fourth-order valence-corrected chi connectivity index (χ4v) is 1.73. The predicted molar refractivity (Wildman–Crippen MR) is 56.3 cm³/mol. The third kappa shape index (κ3) is 3.20. The Hall–Kier alpha value is -0.160. The fourth-order valence-electron chi connectivity index (χ4n) is 1.73. The van der Waals surface area contributed by atoms with Crippen molar-refractivity contribution in [1.29, 1.82) is 0 Å². The zero-order valence-electron chi connectivity index (χ0n) is 9.40. The lowest BCUT2D eigenvalue weighted by Crippen LogP contribution is -2.51. The molecule has 0 amide bonds. The SMILES string of the molecule is COC(CN)CN1CC(C)OCC1C. The van der Waals surface area contributed by atoms with Crippen LogP contribution in [-0.4, -0.2) is 56.5 Å². The van der Waals surface area contributed by atoms with Gasteiger partial charge in [0.1, 0.15) is 0 Å². The molecular weight excluding hydrogens is 180 g/mol. The lowest BCUT2D eigenvalue weighted by atomic mass is 10.2. The molecule has 1 aliphatic heterocycles. The van der Waals surface area contributed by atoms with Crippen LogP contribution in [0.25, 0.3) is 0 Å². The summed E-state index contributed by atoms with van der Waals surface area (Å²) in [6, 6.07) is 0.468. The molecule has 1 saturated heterocycles. The van der Waals surface area contributed by atoms with E-state index in [2.05, 4.69) is 18.7 Å². The molecular formula is C10H22N2O2. The van der Waals surface area contributed by atoms with Crippen LogP contribution in [0.5, 0.6) is 0 Å². The maximum absolute atomic E-state index is 5.60. The first-order valence-electron chi connectivity index (χ1n) is 5.25. The van der Waals surface area contributed by atoms with Gasteiger partial charge in [-0.2, -0.15) is 0 Å². The van der Waals surface area contributed by atoms with Crippen molar-refractivity contribution in [2.45, 2.75) is 32.1 Å². The van der Waals surface area contributed by atoms with Gasteiger partial charge >= 0.3 is 0 Å². The molecule has 1 fully saturated rings. The Morgan fingerprint density at radius 3 is 2.86 bits per heavy atom. The van der Waals surface area contributed by atoms with Gasteiger partial charge in [-0.3, -0.25) is 4.90 Å². The van der Waals surface area contributed by atoms with E-state index in [1.807, 2.05) is 0 Å². The van der Waals surface area contributed by atoms with Gasteiger partial charge in [0.25, 0.3) is 0 Å². The van der Waals surface area contributed by atoms with E-state index in [4.69, 9.17) is 15.2 Å². The molecule has 0 aromatic heterocycles. The third-order valence-electron chi connectivity index (χ3n) is 2.77. The molecule has 4 nitrogen and oxygen atoms in total. The Labute approximate surface area is 86.3 Å². The normalized spacial score (nSPS) is 31.7. The first-order valence-corrected chi connectivity index (χ1v) is 5.25. The number of nitrogens with zero attached hydrogens (tertiary/aromatic N) is 1. The zero-order chi connectivity index (χ0) is 10.6. The quantitative estimate of drug-likeness (QED) is 0.701. The van der Waals surface area contributed by atoms with Gasteiger partial charge in [-0.15, -0.1) is 0 Å². The van der Waals surface area contributed by atoms with Gasteiger partial charge in [0, 0.05) is 32.8 Å². The van der Waals surface area contributed by atoms with Gasteiger partial charge in [-0.1, -0.05) is 0 Å². The molecule has 84 valence electrons. The highest BCUT2D eigenvalue weighted by Crippen LogP contribution is 2.11. The maximum Gasteiger partial charge on any atom is 0.0820 e. The van der Waals surface area contributed by atoms with Crippen LogP contribution < -0.4 is 5.73 Å². The van der Waals surface area contributed by atoms with Crippen molar-refractivity contribution in [2.24, 2.45) is 5.73 Å². The second-order valence-electron chi connectivity index (χ2n) is 4.04. The average molecular weight is 202 g/mol. The summed E-state index contributed by atoms with van der Waals surface area (Å²) in [5.74, 6) is 0. The number of methoxy groups -OCH3 is 1. The van der Waals surface area contributed by atoms with E-state index in [1.165, 1.54) is 0 Å². The molecule has 0 spiro atoms. The second kappa shape index (κ2) is 5.66. The lowest BCUT2D eigenvalue weighted by Gasteiger charge is -2.38. The van der Waals surface area contributed by atoms with E-state index in [9.17, 15) is 0 Å². The summed E-state index contributed by atoms with van der Waals surface area (Å²) in [7, 11) is 1.71. The molecule has 0 aromatic rings. The first-order chi connectivity index (χ1) is 6.67. The molecule has 1 heterocycles. The molecule has 1 aliphatic rings. The maximum atomic E-state index is 5.60. The number of rotatable bonds is 4. The van der Waals surface area contributed by atoms with Gasteiger partial charge in [0.2, 0.25) is 0 Å². The number of ether oxygens (including phenoxy) is 2. The second-order valence-corrected chi connectivity index (χ2v) is 4.04. The summed E-state index contributed by atoms with van der Waals surface area (Å²) in [5, 5.41) is 0. The highest BCUT2D eigenvalue weighted by Gasteiger charge is 2.25. The lowest BCUT2D eigenvalue weighted by molar-refractivity contribution is -0.0646. The van der Waals surface area contributed by atoms with Gasteiger partial charge in [0.15, 0.2) is 0 Å². The number of morpholine rings is 1. The molecule has 3 unspecified atom stereocenters. The minimum Gasteiger partial charge on any atom is -0.379 e. The molecule has 0 aromatic carbocycles. The number of nitrogens with two attached hydrogens (primary N) is 1. The summed E-state index contributed by atoms with van der Waals surface area (Å²) in [5.41, 5.74) is 5.60. The molecule has 14 heavy (non-hydrogen) atoms. The summed E-state index contributed by atoms with van der Waals surface area (Å²) in [6.45, 7) is 7.54. The molecule has 4 heteroatoms. The van der Waals surface area contributed by atoms with Gasteiger partial charge < -0.3 is 15.2 Å². The van der Waals surface area contributed by atoms with Gasteiger partial charge in [-0.25, -0.2) is 0 Å². The average Bonchev–Trinajstić information content (AvgIpc) is 2.19. The highest BCUT2D eigenvalue weighted by molar-refractivity contribution is 4.78. The summed E-state index contributed by atoms with van der Waals surface area (Å²) in [6.07, 6.45) is 0.462. The van der Waals surface area contributed by atoms with Crippen molar-refractivity contribution < 1.29 is 9.47 Å². The predicted octanol–water partition coefficient (Wildman–Crippen LogP) is 0.0693. The zero-order valence-corrected chi connectivity index (χ0v) is 9.40. The van der Waals surface area contributed by atoms with Crippen LogP contribution >= 0.6 is 0 Å². The highest BCUT2D eigenvalue weighted by atomic mass is 16.5. The standard InChI is InChI=1S/C10H22N2O2/c1-8-7-14-9(2)5-12(8)6-10(4-11)13-3/h8-10H,4-7,11H2,1-3H3. The first kappa shape index (κ1) is 11.9. The fraction of sp³-hybridized carbons (Fsp3) is 1.00. The van der Waals surface area contributed by atoms with Gasteiger partial charge in [0.05, 0.1) is 18.8 Å². The van der Waals surface area contributed by atoms with E-state index in [0.717, 1.165) is 19.7 Å². The Kier molecular flexibility index (Phi) is 4.81. The topological polar surface area (TPSA) is 47.7 Å². The summed E-state index contributed by atoms with van der Waals surface area (Å²) < 4.78 is 10.8. The van der Waals surface area contributed by atoms with Crippen molar-refractivity contribution in [2.75, 3.05) is 33.4 Å². The van der Waals surface area contributed by atoms with Crippen LogP contribution in [-0.2, 0) is 9.47 Å². The van der Waals surface area contributed by atoms with E-state index in [1.54, 1.807) is 7.11 Å². The van der Waals surface area contributed by atoms with Crippen LogP contribution in [0, 0.1) is 0 Å². The molecule has 0 saturated carbocycles. The molecule has 2 N–H and O–H groups in total. The van der Waals surface area contributed by atoms with Crippen LogP contribution in [0.15, 0.2) is 0 Å². The van der Waals surface area contributed by atoms with Crippen molar-refractivity contribution in [3.63, 3.8) is 0 Å². The summed E-state index contributed by atoms with van der Waals surface area (Å²) in [4.78, 5) is 2.38. The number of hydrogen-bond donors (Lipinski definition) is 1. The van der Waals surface area contributed by atoms with E-state index >= 15 is 0 Å². The Bertz CT molecular complexity index is 162. The molecule has 0 radical (unpaired) electrons. The van der Waals surface area contributed by atoms with Crippen molar-refractivity contribution >= 4 is 0 Å². The van der Waals surface area contributed by atoms with E-state index in [-0.39, 0.29) is 6.10 Å². The smallest absolute Gasteiger partial charge is 0.0820 e. The third-order valence-corrected chi connectivity index (χ3v) is 2.77. The monoisotopic (exact) mass is 202 g/mol. The van der Waals surface area contributed by atoms with Gasteiger partial charge in [-0.05, 0) is 13.8 Å². The minimum atomic E-state index is 0.141. The number of hydrogen-bond acceptors (Lipinski definition) is 4. The molecule has 3 atom stereocenters. The Balaban J connectivity index is 2.40. The van der Waals surface area contributed by atoms with Crippen LogP contribution in [0.1, 0.15) is 13.8 Å².